The zero-order valence-corrected chi connectivity index (χ0v) is 12.8. The van der Waals surface area contributed by atoms with Crippen molar-refractivity contribution >= 4 is 11.6 Å². The van der Waals surface area contributed by atoms with Crippen LogP contribution in [0.15, 0.2) is 49.1 Å². The summed E-state index contributed by atoms with van der Waals surface area (Å²) >= 11 is 0. The van der Waals surface area contributed by atoms with Gasteiger partial charge in [-0.15, -0.1) is 0 Å². The normalized spacial score (nSPS) is 14.0. The summed E-state index contributed by atoms with van der Waals surface area (Å²) in [5.74, 6) is 0.0393. The van der Waals surface area contributed by atoms with Gasteiger partial charge in [-0.05, 0) is 31.0 Å². The van der Waals surface area contributed by atoms with Crippen molar-refractivity contribution in [3.8, 4) is 11.1 Å². The quantitative estimate of drug-likeness (QED) is 0.791. The van der Waals surface area contributed by atoms with E-state index in [0.717, 1.165) is 34.4 Å². The third-order valence-corrected chi connectivity index (χ3v) is 4.21. The number of pyridine rings is 1. The SMILES string of the molecule is Cc1ccc2c(c1)CCN(c1cncc(-c3cn[nH]c3)c1)C2=O. The molecule has 0 radical (unpaired) electrons. The van der Waals surface area contributed by atoms with E-state index in [1.54, 1.807) is 23.5 Å². The number of hydrogen-bond acceptors (Lipinski definition) is 3. The first-order valence-corrected chi connectivity index (χ1v) is 7.58. The van der Waals surface area contributed by atoms with Gasteiger partial charge in [-0.25, -0.2) is 0 Å². The molecule has 5 heteroatoms. The lowest BCUT2D eigenvalue weighted by Gasteiger charge is -2.28. The van der Waals surface area contributed by atoms with Crippen molar-refractivity contribution in [3.05, 3.63) is 65.7 Å². The van der Waals surface area contributed by atoms with E-state index in [0.29, 0.717) is 6.54 Å². The van der Waals surface area contributed by atoms with Crippen LogP contribution < -0.4 is 4.90 Å². The van der Waals surface area contributed by atoms with E-state index < -0.39 is 0 Å². The Morgan fingerprint density at radius 1 is 1.13 bits per heavy atom. The molecule has 2 aromatic heterocycles. The van der Waals surface area contributed by atoms with Crippen LogP contribution in [-0.2, 0) is 6.42 Å². The predicted octanol–water partition coefficient (Wildman–Crippen LogP) is 2.98. The number of aryl methyl sites for hydroxylation is 1. The fourth-order valence-corrected chi connectivity index (χ4v) is 3.01. The molecule has 0 aliphatic carbocycles. The number of aromatic amines is 1. The molecule has 1 amide bonds. The van der Waals surface area contributed by atoms with Crippen molar-refractivity contribution in [2.45, 2.75) is 13.3 Å². The molecule has 0 saturated heterocycles. The fraction of sp³-hybridized carbons (Fsp3) is 0.167. The van der Waals surface area contributed by atoms with E-state index in [-0.39, 0.29) is 5.91 Å². The number of H-pyrrole nitrogens is 1. The number of fused-ring (bicyclic) bond motifs is 1. The highest BCUT2D eigenvalue weighted by atomic mass is 16.2. The highest BCUT2D eigenvalue weighted by Gasteiger charge is 2.25. The highest BCUT2D eigenvalue weighted by Crippen LogP contribution is 2.27. The molecule has 23 heavy (non-hydrogen) atoms. The molecule has 1 N–H and O–H groups in total. The van der Waals surface area contributed by atoms with Crippen molar-refractivity contribution in [2.24, 2.45) is 0 Å². The third kappa shape index (κ3) is 2.40. The molecule has 3 aromatic rings. The standard InChI is InChI=1S/C18H16N4O/c1-12-2-3-17-13(6-12)4-5-22(18(17)23)16-7-14(8-19-11-16)15-9-20-21-10-15/h2-3,6-11H,4-5H2,1H3,(H,20,21). The van der Waals surface area contributed by atoms with Crippen molar-refractivity contribution in [3.63, 3.8) is 0 Å². The fourth-order valence-electron chi connectivity index (χ4n) is 3.01. The Hall–Kier alpha value is -2.95. The lowest BCUT2D eigenvalue weighted by molar-refractivity contribution is 0.0980. The van der Waals surface area contributed by atoms with Crippen LogP contribution in [0.5, 0.6) is 0 Å². The second kappa shape index (κ2) is 5.35. The summed E-state index contributed by atoms with van der Waals surface area (Å²) in [6.45, 7) is 2.72. The lowest BCUT2D eigenvalue weighted by Crippen LogP contribution is -2.37. The van der Waals surface area contributed by atoms with E-state index in [4.69, 9.17) is 0 Å². The van der Waals surface area contributed by atoms with Gasteiger partial charge in [0.15, 0.2) is 0 Å². The molecule has 0 fully saturated rings. The number of rotatable bonds is 2. The molecule has 1 aromatic carbocycles. The van der Waals surface area contributed by atoms with E-state index in [1.165, 1.54) is 5.56 Å². The molecule has 1 aliphatic heterocycles. The Labute approximate surface area is 134 Å². The summed E-state index contributed by atoms with van der Waals surface area (Å²) in [4.78, 5) is 18.9. The minimum atomic E-state index is 0.0393. The molecular formula is C18H16N4O. The average Bonchev–Trinajstić information content (AvgIpc) is 3.10. The van der Waals surface area contributed by atoms with Gasteiger partial charge in [0.05, 0.1) is 18.1 Å². The molecular weight excluding hydrogens is 288 g/mol. The molecule has 0 atom stereocenters. The molecule has 5 nitrogen and oxygen atoms in total. The van der Waals surface area contributed by atoms with Gasteiger partial charge in [-0.3, -0.25) is 14.9 Å². The molecule has 0 spiro atoms. The maximum atomic E-state index is 12.8. The Kier molecular flexibility index (Phi) is 3.19. The molecule has 4 rings (SSSR count). The van der Waals surface area contributed by atoms with Gasteiger partial charge in [0, 0.05) is 35.6 Å². The predicted molar refractivity (Wildman–Crippen MR) is 88.4 cm³/mol. The van der Waals surface area contributed by atoms with Crippen LogP contribution in [0.4, 0.5) is 5.69 Å². The van der Waals surface area contributed by atoms with Crippen LogP contribution in [0.2, 0.25) is 0 Å². The van der Waals surface area contributed by atoms with Crippen molar-refractivity contribution < 1.29 is 4.79 Å². The number of nitrogens with one attached hydrogen (secondary N) is 1. The van der Waals surface area contributed by atoms with Crippen molar-refractivity contribution in [2.75, 3.05) is 11.4 Å². The maximum Gasteiger partial charge on any atom is 0.258 e. The van der Waals surface area contributed by atoms with Gasteiger partial charge < -0.3 is 4.90 Å². The summed E-state index contributed by atoms with van der Waals surface area (Å²) in [5, 5.41) is 6.76. The molecule has 1 aliphatic rings. The van der Waals surface area contributed by atoms with E-state index in [1.807, 2.05) is 24.4 Å². The van der Waals surface area contributed by atoms with Crippen LogP contribution in [0.1, 0.15) is 21.5 Å². The maximum absolute atomic E-state index is 12.8. The highest BCUT2D eigenvalue weighted by molar-refractivity contribution is 6.08. The Balaban J connectivity index is 1.71. The molecule has 3 heterocycles. The van der Waals surface area contributed by atoms with Crippen LogP contribution in [0.3, 0.4) is 0 Å². The first kappa shape index (κ1) is 13.7. The number of carbonyl (C=O) groups excluding carboxylic acids is 1. The average molecular weight is 304 g/mol. The van der Waals surface area contributed by atoms with Gasteiger partial charge in [0.2, 0.25) is 0 Å². The van der Waals surface area contributed by atoms with Crippen LogP contribution in [0.25, 0.3) is 11.1 Å². The number of hydrogen-bond donors (Lipinski definition) is 1. The number of carbonyl (C=O) groups is 1. The number of amides is 1. The topological polar surface area (TPSA) is 61.9 Å². The van der Waals surface area contributed by atoms with Crippen LogP contribution >= 0.6 is 0 Å². The molecule has 114 valence electrons. The Morgan fingerprint density at radius 3 is 2.87 bits per heavy atom. The third-order valence-electron chi connectivity index (χ3n) is 4.21. The Bertz CT molecular complexity index is 870. The number of benzene rings is 1. The van der Waals surface area contributed by atoms with Gasteiger partial charge in [-0.2, -0.15) is 5.10 Å². The first-order chi connectivity index (χ1) is 11.2. The monoisotopic (exact) mass is 304 g/mol. The summed E-state index contributed by atoms with van der Waals surface area (Å²) < 4.78 is 0. The summed E-state index contributed by atoms with van der Waals surface area (Å²) in [5.41, 5.74) is 5.83. The lowest BCUT2D eigenvalue weighted by atomic mass is 9.96. The molecule has 0 bridgehead atoms. The molecule has 0 unspecified atom stereocenters. The van der Waals surface area contributed by atoms with Gasteiger partial charge >= 0.3 is 0 Å². The minimum Gasteiger partial charge on any atom is -0.306 e. The number of nitrogens with zero attached hydrogens (tertiary/aromatic N) is 3. The zero-order valence-electron chi connectivity index (χ0n) is 12.8. The zero-order chi connectivity index (χ0) is 15.8. The Morgan fingerprint density at radius 2 is 2.04 bits per heavy atom. The van der Waals surface area contributed by atoms with Gasteiger partial charge in [0.25, 0.3) is 5.91 Å². The summed E-state index contributed by atoms with van der Waals surface area (Å²) in [6, 6.07) is 7.99. The first-order valence-electron chi connectivity index (χ1n) is 7.58. The van der Waals surface area contributed by atoms with Crippen molar-refractivity contribution in [1.82, 2.24) is 15.2 Å². The second-order valence-electron chi connectivity index (χ2n) is 5.79. The smallest absolute Gasteiger partial charge is 0.258 e. The van der Waals surface area contributed by atoms with Crippen LogP contribution in [-0.4, -0.2) is 27.6 Å². The number of aromatic nitrogens is 3. The van der Waals surface area contributed by atoms with Gasteiger partial charge in [-0.1, -0.05) is 17.7 Å². The van der Waals surface area contributed by atoms with Gasteiger partial charge in [0.1, 0.15) is 0 Å². The van der Waals surface area contributed by atoms with E-state index in [2.05, 4.69) is 28.2 Å². The second-order valence-corrected chi connectivity index (χ2v) is 5.79. The molecule has 0 saturated carbocycles. The summed E-state index contributed by atoms with van der Waals surface area (Å²) in [7, 11) is 0. The van der Waals surface area contributed by atoms with E-state index >= 15 is 0 Å². The van der Waals surface area contributed by atoms with Crippen LogP contribution in [0, 0.1) is 6.92 Å². The van der Waals surface area contributed by atoms with E-state index in [9.17, 15) is 4.79 Å². The largest absolute Gasteiger partial charge is 0.306 e. The number of anilines is 1. The minimum absolute atomic E-state index is 0.0393. The summed E-state index contributed by atoms with van der Waals surface area (Å²) in [6.07, 6.45) is 7.94. The van der Waals surface area contributed by atoms with Crippen molar-refractivity contribution in [1.29, 1.82) is 0 Å².